The molecule has 0 radical (unpaired) electrons. The maximum Gasteiger partial charge on any atom is 0.419 e. The van der Waals surface area contributed by atoms with Crippen LogP contribution < -0.4 is 4.74 Å². The van der Waals surface area contributed by atoms with Gasteiger partial charge in [0, 0.05) is 4.47 Å². The summed E-state index contributed by atoms with van der Waals surface area (Å²) in [5.74, 6) is 0.0515. The van der Waals surface area contributed by atoms with Gasteiger partial charge in [0.15, 0.2) is 0 Å². The van der Waals surface area contributed by atoms with Gasteiger partial charge in [0.1, 0.15) is 5.75 Å². The minimum absolute atomic E-state index is 0.129. The molecule has 1 aromatic rings. The number of rotatable bonds is 3. The van der Waals surface area contributed by atoms with Gasteiger partial charge in [-0.05, 0) is 24.1 Å². The van der Waals surface area contributed by atoms with Crippen molar-refractivity contribution in [2.45, 2.75) is 20.0 Å². The van der Waals surface area contributed by atoms with E-state index < -0.39 is 11.7 Å². The van der Waals surface area contributed by atoms with Crippen LogP contribution in [-0.2, 0) is 6.18 Å². The highest BCUT2D eigenvalue weighted by Crippen LogP contribution is 2.37. The number of halogens is 4. The molecule has 0 saturated heterocycles. The molecule has 0 aliphatic heterocycles. The SMILES string of the molecule is CC(C)COc1cc(Br)ccc1C(F)(F)F. The van der Waals surface area contributed by atoms with Gasteiger partial charge < -0.3 is 4.74 Å². The van der Waals surface area contributed by atoms with Gasteiger partial charge in [0.2, 0.25) is 0 Å². The Bertz CT molecular complexity index is 361. The second-order valence-electron chi connectivity index (χ2n) is 3.84. The summed E-state index contributed by atoms with van der Waals surface area (Å²) in [5.41, 5.74) is -0.739. The Morgan fingerprint density at radius 2 is 1.94 bits per heavy atom. The monoisotopic (exact) mass is 296 g/mol. The molecule has 0 saturated carbocycles. The van der Waals surface area contributed by atoms with Crippen molar-refractivity contribution in [3.8, 4) is 5.75 Å². The molecule has 0 bridgehead atoms. The Morgan fingerprint density at radius 1 is 1.31 bits per heavy atom. The molecule has 0 aliphatic rings. The average Bonchev–Trinajstić information content (AvgIpc) is 2.12. The summed E-state index contributed by atoms with van der Waals surface area (Å²) in [7, 11) is 0. The van der Waals surface area contributed by atoms with Gasteiger partial charge in [-0.1, -0.05) is 29.8 Å². The number of alkyl halides is 3. The van der Waals surface area contributed by atoms with Crippen LogP contribution in [0.15, 0.2) is 22.7 Å². The molecule has 1 aromatic carbocycles. The van der Waals surface area contributed by atoms with Crippen molar-refractivity contribution < 1.29 is 17.9 Å². The normalized spacial score (nSPS) is 11.9. The zero-order valence-electron chi connectivity index (χ0n) is 8.94. The highest BCUT2D eigenvalue weighted by atomic mass is 79.9. The van der Waals surface area contributed by atoms with E-state index in [4.69, 9.17) is 4.74 Å². The molecule has 16 heavy (non-hydrogen) atoms. The van der Waals surface area contributed by atoms with Crippen molar-refractivity contribution in [1.82, 2.24) is 0 Å². The summed E-state index contributed by atoms with van der Waals surface area (Å²) in [6, 6.07) is 3.70. The molecule has 1 nitrogen and oxygen atoms in total. The smallest absolute Gasteiger partial charge is 0.419 e. The molecule has 0 spiro atoms. The second kappa shape index (κ2) is 5.08. The first-order valence-corrected chi connectivity index (χ1v) is 5.59. The highest BCUT2D eigenvalue weighted by Gasteiger charge is 2.34. The van der Waals surface area contributed by atoms with Crippen LogP contribution >= 0.6 is 15.9 Å². The number of benzene rings is 1. The zero-order valence-corrected chi connectivity index (χ0v) is 10.5. The number of hydrogen-bond donors (Lipinski definition) is 0. The maximum atomic E-state index is 12.6. The third-order valence-corrected chi connectivity index (χ3v) is 2.31. The molecule has 0 N–H and O–H groups in total. The zero-order chi connectivity index (χ0) is 12.3. The molecule has 5 heteroatoms. The first kappa shape index (κ1) is 13.4. The molecule has 0 amide bonds. The molecule has 0 fully saturated rings. The molecule has 90 valence electrons. The van der Waals surface area contributed by atoms with Gasteiger partial charge in [-0.25, -0.2) is 0 Å². The van der Waals surface area contributed by atoms with Crippen LogP contribution in [0.3, 0.4) is 0 Å². The minimum Gasteiger partial charge on any atom is -0.493 e. The fourth-order valence-electron chi connectivity index (χ4n) is 1.11. The maximum absolute atomic E-state index is 12.6. The van der Waals surface area contributed by atoms with Gasteiger partial charge in [-0.3, -0.25) is 0 Å². The highest BCUT2D eigenvalue weighted by molar-refractivity contribution is 9.10. The van der Waals surface area contributed by atoms with E-state index in [0.29, 0.717) is 4.47 Å². The standard InChI is InChI=1S/C11H12BrF3O/c1-7(2)6-16-10-5-8(12)3-4-9(10)11(13,14)15/h3-5,7H,6H2,1-2H3. The Hall–Kier alpha value is -0.710. The third kappa shape index (κ3) is 3.70. The Labute approximate surface area is 101 Å². The van der Waals surface area contributed by atoms with Crippen molar-refractivity contribution in [3.63, 3.8) is 0 Å². The molecule has 0 aliphatic carbocycles. The first-order chi connectivity index (χ1) is 7.30. The lowest BCUT2D eigenvalue weighted by atomic mass is 10.2. The predicted octanol–water partition coefficient (Wildman–Crippen LogP) is 4.50. The number of ether oxygens (including phenoxy) is 1. The largest absolute Gasteiger partial charge is 0.493 e. The van der Waals surface area contributed by atoms with Crippen LogP contribution in [0.25, 0.3) is 0 Å². The van der Waals surface area contributed by atoms with E-state index in [1.165, 1.54) is 12.1 Å². The Kier molecular flexibility index (Phi) is 4.24. The summed E-state index contributed by atoms with van der Waals surface area (Å²) in [5, 5.41) is 0. The van der Waals surface area contributed by atoms with Crippen LogP contribution in [0.4, 0.5) is 13.2 Å². The lowest BCUT2D eigenvalue weighted by molar-refractivity contribution is -0.139. The van der Waals surface area contributed by atoms with E-state index in [2.05, 4.69) is 15.9 Å². The molecule has 0 aromatic heterocycles. The fourth-order valence-corrected chi connectivity index (χ4v) is 1.45. The molecule has 1 rings (SSSR count). The van der Waals surface area contributed by atoms with E-state index in [9.17, 15) is 13.2 Å². The van der Waals surface area contributed by atoms with Crippen LogP contribution in [-0.4, -0.2) is 6.61 Å². The van der Waals surface area contributed by atoms with Gasteiger partial charge in [0.25, 0.3) is 0 Å². The van der Waals surface area contributed by atoms with Crippen LogP contribution in [0.2, 0.25) is 0 Å². The van der Waals surface area contributed by atoms with E-state index in [0.717, 1.165) is 6.07 Å². The van der Waals surface area contributed by atoms with Gasteiger partial charge in [-0.15, -0.1) is 0 Å². The van der Waals surface area contributed by atoms with Crippen molar-refractivity contribution in [3.05, 3.63) is 28.2 Å². The van der Waals surface area contributed by atoms with Crippen LogP contribution in [0.1, 0.15) is 19.4 Å². The minimum atomic E-state index is -4.38. The quantitative estimate of drug-likeness (QED) is 0.798. The predicted molar refractivity (Wildman–Crippen MR) is 59.5 cm³/mol. The average molecular weight is 297 g/mol. The third-order valence-electron chi connectivity index (χ3n) is 1.82. The van der Waals surface area contributed by atoms with E-state index in [1.54, 1.807) is 0 Å². The summed E-state index contributed by atoms with van der Waals surface area (Å²) in [6.07, 6.45) is -4.38. The van der Waals surface area contributed by atoms with Crippen molar-refractivity contribution in [1.29, 1.82) is 0 Å². The van der Waals surface area contributed by atoms with E-state index >= 15 is 0 Å². The van der Waals surface area contributed by atoms with E-state index in [-0.39, 0.29) is 18.3 Å². The van der Waals surface area contributed by atoms with Crippen molar-refractivity contribution >= 4 is 15.9 Å². The second-order valence-corrected chi connectivity index (χ2v) is 4.76. The lowest BCUT2D eigenvalue weighted by Crippen LogP contribution is -2.11. The first-order valence-electron chi connectivity index (χ1n) is 4.80. The summed E-state index contributed by atoms with van der Waals surface area (Å²) in [6.45, 7) is 4.02. The molecule has 0 unspecified atom stereocenters. The molecule has 0 heterocycles. The molecular formula is C11H12BrF3O. The Balaban J connectivity index is 2.99. The fraction of sp³-hybridized carbons (Fsp3) is 0.455. The van der Waals surface area contributed by atoms with Gasteiger partial charge in [0.05, 0.1) is 12.2 Å². The Morgan fingerprint density at radius 3 is 2.44 bits per heavy atom. The topological polar surface area (TPSA) is 9.23 Å². The van der Waals surface area contributed by atoms with Crippen molar-refractivity contribution in [2.75, 3.05) is 6.61 Å². The van der Waals surface area contributed by atoms with Crippen LogP contribution in [0, 0.1) is 5.92 Å². The molecular weight excluding hydrogens is 285 g/mol. The lowest BCUT2D eigenvalue weighted by Gasteiger charge is -2.15. The molecule has 0 atom stereocenters. The number of hydrogen-bond acceptors (Lipinski definition) is 1. The summed E-state index contributed by atoms with van der Waals surface area (Å²) < 4.78 is 43.6. The van der Waals surface area contributed by atoms with Crippen LogP contribution in [0.5, 0.6) is 5.75 Å². The van der Waals surface area contributed by atoms with Crippen molar-refractivity contribution in [2.24, 2.45) is 5.92 Å². The van der Waals surface area contributed by atoms with Gasteiger partial charge in [-0.2, -0.15) is 13.2 Å². The summed E-state index contributed by atoms with van der Waals surface area (Å²) in [4.78, 5) is 0. The van der Waals surface area contributed by atoms with Gasteiger partial charge >= 0.3 is 6.18 Å². The summed E-state index contributed by atoms with van der Waals surface area (Å²) >= 11 is 3.12. The van der Waals surface area contributed by atoms with E-state index in [1.807, 2.05) is 13.8 Å².